The average molecular weight is 333 g/mol. The van der Waals surface area contributed by atoms with Crippen molar-refractivity contribution in [3.05, 3.63) is 71.9 Å². The van der Waals surface area contributed by atoms with Crippen molar-refractivity contribution in [1.82, 2.24) is 5.32 Å². The van der Waals surface area contributed by atoms with E-state index in [1.807, 2.05) is 30.3 Å². The van der Waals surface area contributed by atoms with Gasteiger partial charge < -0.3 is 31.7 Å². The van der Waals surface area contributed by atoms with Crippen LogP contribution >= 0.6 is 0 Å². The van der Waals surface area contributed by atoms with E-state index >= 15 is 0 Å². The van der Waals surface area contributed by atoms with Gasteiger partial charge in [0.1, 0.15) is 17.3 Å². The van der Waals surface area contributed by atoms with Gasteiger partial charge in [0.25, 0.3) is 0 Å². The summed E-state index contributed by atoms with van der Waals surface area (Å²) in [4.78, 5) is 11.0. The fourth-order valence-corrected chi connectivity index (χ4v) is 2.16. The minimum atomic E-state index is -0.950. The Bertz CT molecular complexity index is 765. The molecule has 3 aromatic rings. The number of furan rings is 2. The van der Waals surface area contributed by atoms with Crippen LogP contribution in [0.3, 0.4) is 0 Å². The number of rotatable bonds is 6. The maximum Gasteiger partial charge on any atom is 0.335 e. The Morgan fingerprint density at radius 1 is 1.04 bits per heavy atom. The van der Waals surface area contributed by atoms with Gasteiger partial charge in [0.2, 0.25) is 0 Å². The summed E-state index contributed by atoms with van der Waals surface area (Å²) >= 11 is 0. The van der Waals surface area contributed by atoms with E-state index in [9.17, 15) is 4.79 Å². The predicted molar refractivity (Wildman–Crippen MR) is 80.4 cm³/mol. The average Bonchev–Trinajstić information content (AvgIpc) is 3.19. The van der Waals surface area contributed by atoms with Gasteiger partial charge in [-0.3, -0.25) is 0 Å². The molecule has 0 saturated carbocycles. The van der Waals surface area contributed by atoms with Crippen LogP contribution in [-0.2, 0) is 13.1 Å². The summed E-state index contributed by atoms with van der Waals surface area (Å²) in [7, 11) is 0. The maximum absolute atomic E-state index is 11.0. The Hall–Kier alpha value is -2.50. The van der Waals surface area contributed by atoms with E-state index in [4.69, 9.17) is 13.9 Å². The minimum absolute atomic E-state index is 0. The molecule has 23 heavy (non-hydrogen) atoms. The van der Waals surface area contributed by atoms with Crippen molar-refractivity contribution in [2.75, 3.05) is 0 Å². The molecule has 0 aliphatic heterocycles. The van der Waals surface area contributed by atoms with Crippen LogP contribution in [0.2, 0.25) is 0 Å². The van der Waals surface area contributed by atoms with Crippen molar-refractivity contribution in [1.29, 1.82) is 0 Å². The number of carboxylic acids is 1. The van der Waals surface area contributed by atoms with Gasteiger partial charge in [0.05, 0.1) is 24.9 Å². The minimum Gasteiger partial charge on any atom is -1.00 e. The molecule has 0 atom stereocenters. The first-order chi connectivity index (χ1) is 10.7. The molecule has 5 nitrogen and oxygen atoms in total. The Morgan fingerprint density at radius 2 is 1.87 bits per heavy atom. The maximum atomic E-state index is 11.0. The van der Waals surface area contributed by atoms with E-state index < -0.39 is 5.97 Å². The summed E-state index contributed by atoms with van der Waals surface area (Å²) in [5.74, 6) is 1.34. The molecule has 0 spiro atoms. The zero-order valence-corrected chi connectivity index (χ0v) is 12.9. The predicted octanol–water partition coefficient (Wildman–Crippen LogP) is 0.532. The Labute approximate surface area is 139 Å². The van der Waals surface area contributed by atoms with Crippen molar-refractivity contribution in [2.45, 2.75) is 13.1 Å². The van der Waals surface area contributed by atoms with Crippen LogP contribution in [0.15, 0.2) is 63.6 Å². The standard InChI is InChI=1S/C17H15NO4.ClH/c19-17(20)13-4-1-3-12(9-13)16-7-6-15(22-16)11-18-10-14-5-2-8-21-14;/h1-9,18H,10-11H2,(H,19,20);1H/p-1. The van der Waals surface area contributed by atoms with Crippen LogP contribution in [0.4, 0.5) is 0 Å². The molecule has 0 amide bonds. The summed E-state index contributed by atoms with van der Waals surface area (Å²) in [6.07, 6.45) is 1.64. The highest BCUT2D eigenvalue weighted by atomic mass is 35.5. The number of carboxylic acid groups (broad SMARTS) is 1. The van der Waals surface area contributed by atoms with Crippen molar-refractivity contribution < 1.29 is 31.1 Å². The van der Waals surface area contributed by atoms with Gasteiger partial charge in [-0.1, -0.05) is 12.1 Å². The van der Waals surface area contributed by atoms with Crippen LogP contribution in [0, 0.1) is 0 Å². The van der Waals surface area contributed by atoms with Crippen molar-refractivity contribution in [3.8, 4) is 11.3 Å². The zero-order valence-electron chi connectivity index (χ0n) is 12.2. The number of hydrogen-bond donors (Lipinski definition) is 2. The Morgan fingerprint density at radius 3 is 2.61 bits per heavy atom. The van der Waals surface area contributed by atoms with E-state index in [1.54, 1.807) is 24.5 Å². The van der Waals surface area contributed by atoms with Crippen LogP contribution in [-0.4, -0.2) is 11.1 Å². The van der Waals surface area contributed by atoms with E-state index in [1.165, 1.54) is 0 Å². The fraction of sp³-hybridized carbons (Fsp3) is 0.118. The van der Waals surface area contributed by atoms with Gasteiger partial charge in [-0.15, -0.1) is 0 Å². The first-order valence-corrected chi connectivity index (χ1v) is 6.88. The molecule has 120 valence electrons. The first kappa shape index (κ1) is 16.9. The van der Waals surface area contributed by atoms with Crippen molar-refractivity contribution in [2.24, 2.45) is 0 Å². The first-order valence-electron chi connectivity index (χ1n) is 6.88. The molecule has 2 aromatic heterocycles. The fourth-order valence-electron chi connectivity index (χ4n) is 2.16. The lowest BCUT2D eigenvalue weighted by atomic mass is 10.1. The van der Waals surface area contributed by atoms with Gasteiger partial charge in [-0.05, 0) is 36.4 Å². The van der Waals surface area contributed by atoms with Gasteiger partial charge in [0, 0.05) is 5.56 Å². The van der Waals surface area contributed by atoms with E-state index in [2.05, 4.69) is 5.32 Å². The topological polar surface area (TPSA) is 75.6 Å². The zero-order chi connectivity index (χ0) is 15.4. The third-order valence-corrected chi connectivity index (χ3v) is 3.23. The molecule has 0 bridgehead atoms. The van der Waals surface area contributed by atoms with E-state index in [0.29, 0.717) is 18.8 Å². The molecule has 0 radical (unpaired) electrons. The number of halogens is 1. The summed E-state index contributed by atoms with van der Waals surface area (Å²) in [5.41, 5.74) is 0.989. The van der Waals surface area contributed by atoms with Crippen LogP contribution in [0.5, 0.6) is 0 Å². The molecule has 0 aliphatic carbocycles. The lowest BCUT2D eigenvalue weighted by molar-refractivity contribution is -0.0000210. The molecule has 1 aromatic carbocycles. The molecule has 0 saturated heterocycles. The SMILES string of the molecule is O=C(O)c1cccc(-c2ccc(CNCc3ccco3)o2)c1.[Cl-]. The second-order valence-electron chi connectivity index (χ2n) is 4.83. The van der Waals surface area contributed by atoms with E-state index in [-0.39, 0.29) is 18.0 Å². The van der Waals surface area contributed by atoms with Crippen LogP contribution < -0.4 is 17.7 Å². The second kappa shape index (κ2) is 7.67. The highest BCUT2D eigenvalue weighted by molar-refractivity contribution is 5.89. The molecule has 0 unspecified atom stereocenters. The highest BCUT2D eigenvalue weighted by Gasteiger charge is 2.08. The Kier molecular flexibility index (Phi) is 5.62. The molecule has 0 aliphatic rings. The Balaban J connectivity index is 0.00000192. The molecule has 3 rings (SSSR count). The quantitative estimate of drug-likeness (QED) is 0.689. The molecule has 0 fully saturated rings. The number of aromatic carboxylic acids is 1. The van der Waals surface area contributed by atoms with Crippen molar-refractivity contribution in [3.63, 3.8) is 0 Å². The molecule has 2 N–H and O–H groups in total. The highest BCUT2D eigenvalue weighted by Crippen LogP contribution is 2.23. The van der Waals surface area contributed by atoms with Gasteiger partial charge in [0.15, 0.2) is 0 Å². The van der Waals surface area contributed by atoms with Crippen molar-refractivity contribution >= 4 is 5.97 Å². The summed E-state index contributed by atoms with van der Waals surface area (Å²) in [5, 5.41) is 12.2. The largest absolute Gasteiger partial charge is 1.00 e. The summed E-state index contributed by atoms with van der Waals surface area (Å²) in [6, 6.07) is 14.1. The normalized spacial score (nSPS) is 10.3. The lowest BCUT2D eigenvalue weighted by Crippen LogP contribution is -3.00. The summed E-state index contributed by atoms with van der Waals surface area (Å²) < 4.78 is 11.0. The van der Waals surface area contributed by atoms with Gasteiger partial charge in [-0.2, -0.15) is 0 Å². The second-order valence-corrected chi connectivity index (χ2v) is 4.83. The lowest BCUT2D eigenvalue weighted by Gasteiger charge is -2.01. The number of nitrogens with one attached hydrogen (secondary N) is 1. The molecule has 2 heterocycles. The monoisotopic (exact) mass is 332 g/mol. The molecular weight excluding hydrogens is 318 g/mol. The van der Waals surface area contributed by atoms with Gasteiger partial charge in [-0.25, -0.2) is 4.79 Å². The van der Waals surface area contributed by atoms with Crippen LogP contribution in [0.25, 0.3) is 11.3 Å². The van der Waals surface area contributed by atoms with Gasteiger partial charge >= 0.3 is 5.97 Å². The molecular formula is C17H15ClNO4-. The van der Waals surface area contributed by atoms with E-state index in [0.717, 1.165) is 17.1 Å². The molecule has 6 heteroatoms. The smallest absolute Gasteiger partial charge is 0.335 e. The third kappa shape index (κ3) is 4.25. The third-order valence-electron chi connectivity index (χ3n) is 3.23. The number of hydrogen-bond acceptors (Lipinski definition) is 4. The number of carbonyl (C=O) groups is 1. The number of benzene rings is 1. The summed E-state index contributed by atoms with van der Waals surface area (Å²) in [6.45, 7) is 1.19. The van der Waals surface area contributed by atoms with Crippen LogP contribution in [0.1, 0.15) is 21.9 Å².